The Morgan fingerprint density at radius 1 is 0.957 bits per heavy atom. The minimum Gasteiger partial charge on any atom is -0.461 e. The molecule has 0 atom stereocenters. The van der Waals surface area contributed by atoms with Gasteiger partial charge in [0.25, 0.3) is 0 Å². The number of esters is 1. The lowest BCUT2D eigenvalue weighted by atomic mass is 10.0. The van der Waals surface area contributed by atoms with Gasteiger partial charge in [-0.2, -0.15) is 0 Å². The molecule has 23 heavy (non-hydrogen) atoms. The highest BCUT2D eigenvalue weighted by Gasteiger charge is 1.96. The Morgan fingerprint density at radius 2 is 1.61 bits per heavy atom. The number of rotatable bonds is 14. The number of hydrogen-bond donors (Lipinski definition) is 1. The van der Waals surface area contributed by atoms with Crippen molar-refractivity contribution in [3.8, 4) is 0 Å². The Kier molecular flexibility index (Phi) is 11.8. The fourth-order valence-electron chi connectivity index (χ4n) is 2.52. The fraction of sp³-hybridized carbons (Fsp3) is 0.550. The second-order valence-electron chi connectivity index (χ2n) is 5.83. The van der Waals surface area contributed by atoms with Gasteiger partial charge in [0, 0.05) is 12.6 Å². The summed E-state index contributed by atoms with van der Waals surface area (Å²) in [6.45, 7) is 5.50. The molecule has 0 amide bonds. The molecule has 0 unspecified atom stereocenters. The maximum absolute atomic E-state index is 10.8. The third-order valence-corrected chi connectivity index (χ3v) is 3.85. The molecule has 128 valence electrons. The number of carbonyl (C=O) groups excluding carboxylic acids is 1. The number of unbranched alkanes of at least 4 members (excludes halogenated alkanes) is 6. The van der Waals surface area contributed by atoms with Gasteiger partial charge >= 0.3 is 5.97 Å². The van der Waals surface area contributed by atoms with E-state index in [2.05, 4.69) is 42.2 Å². The van der Waals surface area contributed by atoms with Crippen LogP contribution in [0, 0.1) is 0 Å². The van der Waals surface area contributed by atoms with Gasteiger partial charge in [-0.25, -0.2) is 4.79 Å². The zero-order chi connectivity index (χ0) is 16.6. The lowest BCUT2D eigenvalue weighted by Gasteiger charge is -2.05. The molecule has 0 heterocycles. The monoisotopic (exact) mass is 317 g/mol. The van der Waals surface area contributed by atoms with Crippen LogP contribution >= 0.6 is 0 Å². The molecule has 1 aromatic rings. The van der Waals surface area contributed by atoms with Crippen molar-refractivity contribution in [3.05, 3.63) is 48.6 Å². The van der Waals surface area contributed by atoms with Crippen LogP contribution in [0.5, 0.6) is 0 Å². The van der Waals surface area contributed by atoms with Crippen LogP contribution in [0.25, 0.3) is 0 Å². The molecule has 0 bridgehead atoms. The number of nitrogens with one attached hydrogen (secondary N) is 1. The SMILES string of the molecule is C=CC(=O)OCCNCCCCCCCCCc1ccccc1. The topological polar surface area (TPSA) is 38.3 Å². The molecule has 1 aromatic carbocycles. The largest absolute Gasteiger partial charge is 0.461 e. The Hall–Kier alpha value is -1.61. The van der Waals surface area contributed by atoms with Crippen LogP contribution in [0.3, 0.4) is 0 Å². The van der Waals surface area contributed by atoms with Crippen molar-refractivity contribution in [1.29, 1.82) is 0 Å². The van der Waals surface area contributed by atoms with Crippen molar-refractivity contribution in [1.82, 2.24) is 5.32 Å². The quantitative estimate of drug-likeness (QED) is 0.316. The first-order valence-corrected chi connectivity index (χ1v) is 8.87. The molecule has 0 spiro atoms. The molecular formula is C20H31NO2. The number of benzene rings is 1. The van der Waals surface area contributed by atoms with E-state index in [-0.39, 0.29) is 5.97 Å². The molecule has 0 aliphatic rings. The molecule has 0 aliphatic carbocycles. The summed E-state index contributed by atoms with van der Waals surface area (Å²) >= 11 is 0. The average Bonchev–Trinajstić information content (AvgIpc) is 2.59. The van der Waals surface area contributed by atoms with Crippen molar-refractivity contribution in [2.24, 2.45) is 0 Å². The average molecular weight is 317 g/mol. The van der Waals surface area contributed by atoms with E-state index in [0.29, 0.717) is 6.61 Å². The second kappa shape index (κ2) is 14.0. The normalized spacial score (nSPS) is 10.4. The smallest absolute Gasteiger partial charge is 0.330 e. The molecule has 1 rings (SSSR count). The summed E-state index contributed by atoms with van der Waals surface area (Å²) < 4.78 is 4.89. The van der Waals surface area contributed by atoms with Gasteiger partial charge in [-0.15, -0.1) is 0 Å². The van der Waals surface area contributed by atoms with E-state index in [1.807, 2.05) is 0 Å². The van der Waals surface area contributed by atoms with Gasteiger partial charge in [0.15, 0.2) is 0 Å². The number of ether oxygens (including phenoxy) is 1. The van der Waals surface area contributed by atoms with E-state index >= 15 is 0 Å². The minimum absolute atomic E-state index is 0.348. The predicted octanol–water partition coefficient (Wildman–Crippen LogP) is 4.28. The number of hydrogen-bond acceptors (Lipinski definition) is 3. The van der Waals surface area contributed by atoms with E-state index in [1.165, 1.54) is 63.0 Å². The maximum atomic E-state index is 10.8. The summed E-state index contributed by atoms with van der Waals surface area (Å²) in [6.07, 6.45) is 11.5. The number of aryl methyl sites for hydroxylation is 1. The third kappa shape index (κ3) is 11.6. The standard InChI is InChI=1S/C20H31NO2/c1-2-20(22)23-18-17-21-16-12-7-5-3-4-6-9-13-19-14-10-8-11-15-19/h2,8,10-11,14-15,21H,1,3-7,9,12-13,16-18H2. The van der Waals surface area contributed by atoms with Gasteiger partial charge in [-0.1, -0.05) is 69.0 Å². The van der Waals surface area contributed by atoms with Crippen molar-refractivity contribution in [3.63, 3.8) is 0 Å². The van der Waals surface area contributed by atoms with E-state index in [9.17, 15) is 4.79 Å². The Morgan fingerprint density at radius 3 is 2.30 bits per heavy atom. The summed E-state index contributed by atoms with van der Waals surface area (Å²) in [5.41, 5.74) is 1.46. The first-order valence-electron chi connectivity index (χ1n) is 8.87. The summed E-state index contributed by atoms with van der Waals surface area (Å²) in [7, 11) is 0. The zero-order valence-electron chi connectivity index (χ0n) is 14.3. The molecule has 0 radical (unpaired) electrons. The lowest BCUT2D eigenvalue weighted by molar-refractivity contribution is -0.137. The first kappa shape index (κ1) is 19.4. The van der Waals surface area contributed by atoms with Crippen molar-refractivity contribution in [2.75, 3.05) is 19.7 Å². The van der Waals surface area contributed by atoms with Crippen LogP contribution in [0.4, 0.5) is 0 Å². The van der Waals surface area contributed by atoms with E-state index < -0.39 is 0 Å². The highest BCUT2D eigenvalue weighted by atomic mass is 16.5. The molecule has 0 saturated heterocycles. The highest BCUT2D eigenvalue weighted by molar-refractivity contribution is 5.81. The number of carbonyl (C=O) groups is 1. The van der Waals surface area contributed by atoms with Crippen molar-refractivity contribution in [2.45, 2.75) is 51.4 Å². The van der Waals surface area contributed by atoms with Crippen LogP contribution in [-0.2, 0) is 16.0 Å². The van der Waals surface area contributed by atoms with Gasteiger partial charge < -0.3 is 10.1 Å². The van der Waals surface area contributed by atoms with E-state index in [1.54, 1.807) is 0 Å². The molecule has 3 heteroatoms. The van der Waals surface area contributed by atoms with Gasteiger partial charge in [0.2, 0.25) is 0 Å². The Bertz CT molecular complexity index is 417. The molecule has 3 nitrogen and oxygen atoms in total. The van der Waals surface area contributed by atoms with Crippen molar-refractivity contribution >= 4 is 5.97 Å². The molecule has 1 N–H and O–H groups in total. The molecule has 0 saturated carbocycles. The minimum atomic E-state index is -0.348. The molecular weight excluding hydrogens is 286 g/mol. The van der Waals surface area contributed by atoms with Crippen molar-refractivity contribution < 1.29 is 9.53 Å². The van der Waals surface area contributed by atoms with Gasteiger partial charge in [-0.3, -0.25) is 0 Å². The van der Waals surface area contributed by atoms with Crippen LogP contribution in [-0.4, -0.2) is 25.7 Å². The highest BCUT2D eigenvalue weighted by Crippen LogP contribution is 2.10. The fourth-order valence-corrected chi connectivity index (χ4v) is 2.52. The Balaban J connectivity index is 1.76. The van der Waals surface area contributed by atoms with Crippen LogP contribution in [0.15, 0.2) is 43.0 Å². The Labute approximate surface area is 141 Å². The second-order valence-corrected chi connectivity index (χ2v) is 5.83. The summed E-state index contributed by atoms with van der Waals surface area (Å²) in [4.78, 5) is 10.8. The van der Waals surface area contributed by atoms with E-state index in [0.717, 1.165) is 13.1 Å². The van der Waals surface area contributed by atoms with Crippen LogP contribution in [0.2, 0.25) is 0 Å². The van der Waals surface area contributed by atoms with E-state index in [4.69, 9.17) is 4.74 Å². The molecule has 0 aliphatic heterocycles. The zero-order valence-corrected chi connectivity index (χ0v) is 14.3. The summed E-state index contributed by atoms with van der Waals surface area (Å²) in [5, 5.41) is 3.28. The summed E-state index contributed by atoms with van der Waals surface area (Å²) in [6, 6.07) is 10.7. The van der Waals surface area contributed by atoms with Crippen LogP contribution in [0.1, 0.15) is 50.5 Å². The summed E-state index contributed by atoms with van der Waals surface area (Å²) in [5.74, 6) is -0.348. The van der Waals surface area contributed by atoms with Gasteiger partial charge in [0.05, 0.1) is 0 Å². The lowest BCUT2D eigenvalue weighted by Crippen LogP contribution is -2.21. The maximum Gasteiger partial charge on any atom is 0.330 e. The molecule has 0 fully saturated rings. The van der Waals surface area contributed by atoms with Gasteiger partial charge in [-0.05, 0) is 31.4 Å². The first-order chi connectivity index (χ1) is 11.3. The predicted molar refractivity (Wildman–Crippen MR) is 96.5 cm³/mol. The molecule has 0 aromatic heterocycles. The van der Waals surface area contributed by atoms with Gasteiger partial charge in [0.1, 0.15) is 6.61 Å². The van der Waals surface area contributed by atoms with Crippen LogP contribution < -0.4 is 5.32 Å². The third-order valence-electron chi connectivity index (χ3n) is 3.85.